The van der Waals surface area contributed by atoms with Crippen LogP contribution in [0.2, 0.25) is 0 Å². The number of aliphatic carboxylic acids is 1. The highest BCUT2D eigenvalue weighted by Gasteiger charge is 2.32. The van der Waals surface area contributed by atoms with Gasteiger partial charge in [-0.05, 0) is 25.5 Å². The number of rotatable bonds is 4. The van der Waals surface area contributed by atoms with Crippen molar-refractivity contribution in [1.82, 2.24) is 10.2 Å². The number of likely N-dealkylation sites (tertiary alicyclic amines) is 1. The maximum atomic E-state index is 12.3. The lowest BCUT2D eigenvalue weighted by atomic mass is 10.0. The molecule has 0 bridgehead atoms. The molecule has 0 saturated carbocycles. The number of halogens is 1. The van der Waals surface area contributed by atoms with Crippen LogP contribution in [0.15, 0.2) is 24.3 Å². The Morgan fingerprint density at radius 3 is 2.87 bits per heavy atom. The van der Waals surface area contributed by atoms with Crippen LogP contribution >= 0.6 is 12.4 Å². The molecule has 2 aliphatic rings. The quantitative estimate of drug-likeness (QED) is 0.870. The zero-order chi connectivity index (χ0) is 15.5. The Morgan fingerprint density at radius 2 is 2.09 bits per heavy atom. The summed E-state index contributed by atoms with van der Waals surface area (Å²) in [6.45, 7) is 1.37. The van der Waals surface area contributed by atoms with Crippen molar-refractivity contribution in [3.05, 3.63) is 29.8 Å². The summed E-state index contributed by atoms with van der Waals surface area (Å²) < 4.78 is 5.58. The lowest BCUT2D eigenvalue weighted by Crippen LogP contribution is -2.44. The van der Waals surface area contributed by atoms with Gasteiger partial charge in [-0.25, -0.2) is 0 Å². The molecule has 7 heteroatoms. The Kier molecular flexibility index (Phi) is 5.85. The first-order valence-electron chi connectivity index (χ1n) is 7.63. The number of hydrogen-bond donors (Lipinski definition) is 2. The fourth-order valence-corrected chi connectivity index (χ4v) is 3.21. The van der Waals surface area contributed by atoms with E-state index in [1.165, 1.54) is 0 Å². The van der Waals surface area contributed by atoms with Gasteiger partial charge in [0.1, 0.15) is 11.8 Å². The van der Waals surface area contributed by atoms with Crippen LogP contribution in [0.25, 0.3) is 0 Å². The largest absolute Gasteiger partial charge is 0.493 e. The number of amides is 1. The molecule has 0 radical (unpaired) electrons. The Balaban J connectivity index is 0.00000192. The number of carbonyl (C=O) groups excluding carboxylic acids is 1. The summed E-state index contributed by atoms with van der Waals surface area (Å²) in [5, 5.41) is 12.2. The minimum Gasteiger partial charge on any atom is -0.493 e. The minimum absolute atomic E-state index is 0. The van der Waals surface area contributed by atoms with Crippen molar-refractivity contribution in [2.45, 2.75) is 31.3 Å². The predicted octanol–water partition coefficient (Wildman–Crippen LogP) is 1.60. The first-order valence-corrected chi connectivity index (χ1v) is 7.63. The van der Waals surface area contributed by atoms with Gasteiger partial charge in [0.2, 0.25) is 5.91 Å². The van der Waals surface area contributed by atoms with Crippen LogP contribution in [0.1, 0.15) is 30.9 Å². The second kappa shape index (κ2) is 7.66. The Bertz CT molecular complexity index is 581. The normalized spacial score (nSPS) is 23.3. The minimum atomic E-state index is -0.846. The monoisotopic (exact) mass is 340 g/mol. The molecule has 1 unspecified atom stereocenters. The van der Waals surface area contributed by atoms with Crippen LogP contribution in [0.5, 0.6) is 5.75 Å². The highest BCUT2D eigenvalue weighted by atomic mass is 35.5. The molecule has 2 N–H and O–H groups in total. The smallest absolute Gasteiger partial charge is 0.320 e. The highest BCUT2D eigenvalue weighted by Crippen LogP contribution is 2.31. The van der Waals surface area contributed by atoms with E-state index in [9.17, 15) is 9.59 Å². The molecule has 3 rings (SSSR count). The van der Waals surface area contributed by atoms with Gasteiger partial charge >= 0.3 is 5.97 Å². The maximum Gasteiger partial charge on any atom is 0.320 e. The molecule has 2 heterocycles. The second-order valence-corrected chi connectivity index (χ2v) is 5.76. The molecule has 0 spiro atoms. The summed E-state index contributed by atoms with van der Waals surface area (Å²) in [7, 11) is 0. The number of ether oxygens (including phenoxy) is 1. The van der Waals surface area contributed by atoms with Crippen LogP contribution in [0.4, 0.5) is 0 Å². The molecule has 1 aromatic rings. The Morgan fingerprint density at radius 1 is 1.30 bits per heavy atom. The molecule has 0 aliphatic carbocycles. The summed E-state index contributed by atoms with van der Waals surface area (Å²) in [5.41, 5.74) is 0.985. The standard InChI is InChI=1S/C16H20N2O4.ClH/c19-15(10-18-8-3-5-13(18)16(20)21)17-12-7-9-22-14-6-2-1-4-11(12)14;/h1-2,4,6,12-13H,3,5,7-10H2,(H,17,19)(H,20,21);1H/t12?,13-;/m1./s1. The van der Waals surface area contributed by atoms with Gasteiger partial charge in [0.25, 0.3) is 0 Å². The number of nitrogens with zero attached hydrogens (tertiary/aromatic N) is 1. The van der Waals surface area contributed by atoms with Crippen molar-refractivity contribution in [2.75, 3.05) is 19.7 Å². The average molecular weight is 341 g/mol. The van der Waals surface area contributed by atoms with Crippen LogP contribution in [0, 0.1) is 0 Å². The topological polar surface area (TPSA) is 78.9 Å². The molecular weight excluding hydrogens is 320 g/mol. The molecule has 1 fully saturated rings. The summed E-state index contributed by atoms with van der Waals surface area (Å²) in [4.78, 5) is 25.2. The van der Waals surface area contributed by atoms with Gasteiger partial charge in [0.15, 0.2) is 0 Å². The number of fused-ring (bicyclic) bond motifs is 1. The predicted molar refractivity (Wildman–Crippen MR) is 86.9 cm³/mol. The molecule has 126 valence electrons. The molecule has 2 atom stereocenters. The summed E-state index contributed by atoms with van der Waals surface area (Å²) in [6, 6.07) is 7.08. The summed E-state index contributed by atoms with van der Waals surface area (Å²) >= 11 is 0. The maximum absolute atomic E-state index is 12.3. The van der Waals surface area contributed by atoms with Gasteiger partial charge in [-0.3, -0.25) is 14.5 Å². The molecule has 0 aromatic heterocycles. The van der Waals surface area contributed by atoms with Gasteiger partial charge < -0.3 is 15.2 Å². The molecule has 1 aromatic carbocycles. The summed E-state index contributed by atoms with van der Waals surface area (Å²) in [6.07, 6.45) is 2.16. The van der Waals surface area contributed by atoms with Crippen molar-refractivity contribution in [2.24, 2.45) is 0 Å². The Hall–Kier alpha value is -1.79. The fourth-order valence-electron chi connectivity index (χ4n) is 3.21. The summed E-state index contributed by atoms with van der Waals surface area (Å²) in [5.74, 6) is -0.166. The highest BCUT2D eigenvalue weighted by molar-refractivity contribution is 5.85. The number of benzene rings is 1. The first-order chi connectivity index (χ1) is 10.6. The molecule has 1 saturated heterocycles. The van der Waals surface area contributed by atoms with E-state index in [1.807, 2.05) is 24.3 Å². The van der Waals surface area contributed by atoms with Crippen LogP contribution < -0.4 is 10.1 Å². The van der Waals surface area contributed by atoms with E-state index in [0.29, 0.717) is 19.6 Å². The van der Waals surface area contributed by atoms with Crippen molar-refractivity contribution >= 4 is 24.3 Å². The van der Waals surface area contributed by atoms with E-state index >= 15 is 0 Å². The van der Waals surface area contributed by atoms with E-state index in [1.54, 1.807) is 4.90 Å². The third-order valence-electron chi connectivity index (χ3n) is 4.29. The van der Waals surface area contributed by atoms with Crippen molar-refractivity contribution < 1.29 is 19.4 Å². The number of nitrogens with one attached hydrogen (secondary N) is 1. The zero-order valence-electron chi connectivity index (χ0n) is 12.7. The van der Waals surface area contributed by atoms with Crippen molar-refractivity contribution in [3.63, 3.8) is 0 Å². The van der Waals surface area contributed by atoms with E-state index in [-0.39, 0.29) is 30.9 Å². The van der Waals surface area contributed by atoms with E-state index < -0.39 is 12.0 Å². The van der Waals surface area contributed by atoms with Crippen molar-refractivity contribution in [1.29, 1.82) is 0 Å². The number of carboxylic acids is 1. The first kappa shape index (κ1) is 17.6. The SMILES string of the molecule is Cl.O=C(CN1CCC[C@@H]1C(=O)O)NC1CCOc2ccccc21. The van der Waals surface area contributed by atoms with Gasteiger partial charge in [0, 0.05) is 12.0 Å². The lowest BCUT2D eigenvalue weighted by Gasteiger charge is -2.28. The van der Waals surface area contributed by atoms with Gasteiger partial charge in [-0.1, -0.05) is 18.2 Å². The van der Waals surface area contributed by atoms with E-state index in [0.717, 1.165) is 24.2 Å². The van der Waals surface area contributed by atoms with E-state index in [2.05, 4.69) is 5.32 Å². The van der Waals surface area contributed by atoms with E-state index in [4.69, 9.17) is 9.84 Å². The molecule has 23 heavy (non-hydrogen) atoms. The van der Waals surface area contributed by atoms with Gasteiger partial charge in [-0.2, -0.15) is 0 Å². The second-order valence-electron chi connectivity index (χ2n) is 5.76. The number of carboxylic acid groups (broad SMARTS) is 1. The molecular formula is C16H21ClN2O4. The van der Waals surface area contributed by atoms with Crippen LogP contribution in [-0.2, 0) is 9.59 Å². The average Bonchev–Trinajstić information content (AvgIpc) is 2.96. The van der Waals surface area contributed by atoms with Crippen LogP contribution in [-0.4, -0.2) is 47.6 Å². The number of para-hydroxylation sites is 1. The fraction of sp³-hybridized carbons (Fsp3) is 0.500. The van der Waals surface area contributed by atoms with Gasteiger partial charge in [-0.15, -0.1) is 12.4 Å². The molecule has 1 amide bonds. The van der Waals surface area contributed by atoms with Gasteiger partial charge in [0.05, 0.1) is 19.2 Å². The molecule has 6 nitrogen and oxygen atoms in total. The lowest BCUT2D eigenvalue weighted by molar-refractivity contribution is -0.142. The third-order valence-corrected chi connectivity index (χ3v) is 4.29. The molecule has 2 aliphatic heterocycles. The third kappa shape index (κ3) is 3.95. The zero-order valence-corrected chi connectivity index (χ0v) is 13.6. The Labute approximate surface area is 141 Å². The number of hydrogen-bond acceptors (Lipinski definition) is 4. The van der Waals surface area contributed by atoms with Crippen molar-refractivity contribution in [3.8, 4) is 5.75 Å². The van der Waals surface area contributed by atoms with Crippen LogP contribution in [0.3, 0.4) is 0 Å². The number of carbonyl (C=O) groups is 2.